The van der Waals surface area contributed by atoms with Crippen LogP contribution >= 0.6 is 0 Å². The van der Waals surface area contributed by atoms with E-state index in [0.29, 0.717) is 17.5 Å². The third kappa shape index (κ3) is 3.59. The molecular formula is C16H20N2O. The number of nitrogens with two attached hydrogens (primary N) is 1. The molecule has 3 heteroatoms. The normalized spacial score (nSPS) is 15.3. The first-order valence-electron chi connectivity index (χ1n) is 6.62. The molecule has 3 N–H and O–H groups in total. The monoisotopic (exact) mass is 256 g/mol. The Balaban J connectivity index is 2.15. The Bertz CT molecular complexity index is 548. The van der Waals surface area contributed by atoms with Crippen LogP contribution in [-0.4, -0.2) is 19.0 Å². The molecular weight excluding hydrogens is 236 g/mol. The smallest absolute Gasteiger partial charge is 0.252 e. The molecule has 1 aliphatic rings. The standard InChI is InChI=1S/C16H20N2O/c1-12-5-6-14(13(10-12)4-3-9-17)15(19)18-11-16(2)7-8-16/h5-6,10H,7-9,11,17H2,1-2H3,(H,18,19). The molecule has 1 fully saturated rings. The Morgan fingerprint density at radius 2 is 2.21 bits per heavy atom. The highest BCUT2D eigenvalue weighted by atomic mass is 16.1. The molecule has 0 spiro atoms. The Kier molecular flexibility index (Phi) is 3.92. The summed E-state index contributed by atoms with van der Waals surface area (Å²) in [6.07, 6.45) is 2.39. The number of amides is 1. The van der Waals surface area contributed by atoms with Gasteiger partial charge in [-0.25, -0.2) is 0 Å². The van der Waals surface area contributed by atoms with Crippen molar-refractivity contribution in [1.82, 2.24) is 5.32 Å². The number of benzene rings is 1. The van der Waals surface area contributed by atoms with Crippen LogP contribution in [0.15, 0.2) is 18.2 Å². The van der Waals surface area contributed by atoms with Crippen LogP contribution in [0.3, 0.4) is 0 Å². The molecule has 1 aromatic carbocycles. The van der Waals surface area contributed by atoms with E-state index in [1.807, 2.05) is 25.1 Å². The summed E-state index contributed by atoms with van der Waals surface area (Å²) >= 11 is 0. The lowest BCUT2D eigenvalue weighted by molar-refractivity contribution is 0.0946. The molecule has 0 aliphatic heterocycles. The Labute approximate surface area is 114 Å². The highest BCUT2D eigenvalue weighted by Crippen LogP contribution is 2.44. The van der Waals surface area contributed by atoms with Gasteiger partial charge in [0.2, 0.25) is 0 Å². The number of nitrogens with one attached hydrogen (secondary N) is 1. The Hall–Kier alpha value is -1.79. The second-order valence-corrected chi connectivity index (χ2v) is 5.55. The van der Waals surface area contributed by atoms with Crippen LogP contribution in [0.5, 0.6) is 0 Å². The fraction of sp³-hybridized carbons (Fsp3) is 0.438. The molecule has 2 rings (SSSR count). The summed E-state index contributed by atoms with van der Waals surface area (Å²) in [6.45, 7) is 5.22. The van der Waals surface area contributed by atoms with Gasteiger partial charge in [0.05, 0.1) is 12.1 Å². The summed E-state index contributed by atoms with van der Waals surface area (Å²) in [4.78, 5) is 12.2. The molecule has 1 aliphatic carbocycles. The van der Waals surface area contributed by atoms with Crippen molar-refractivity contribution in [3.8, 4) is 11.8 Å². The van der Waals surface area contributed by atoms with Crippen LogP contribution in [0, 0.1) is 24.2 Å². The lowest BCUT2D eigenvalue weighted by Crippen LogP contribution is -2.29. The average molecular weight is 256 g/mol. The lowest BCUT2D eigenvalue weighted by atomic mass is 10.0. The largest absolute Gasteiger partial charge is 0.351 e. The molecule has 19 heavy (non-hydrogen) atoms. The van der Waals surface area contributed by atoms with E-state index in [0.717, 1.165) is 17.7 Å². The summed E-state index contributed by atoms with van der Waals surface area (Å²) < 4.78 is 0. The molecule has 1 amide bonds. The summed E-state index contributed by atoms with van der Waals surface area (Å²) in [5.41, 5.74) is 8.18. The fourth-order valence-electron chi connectivity index (χ4n) is 1.88. The Morgan fingerprint density at radius 3 is 2.84 bits per heavy atom. The summed E-state index contributed by atoms with van der Waals surface area (Å²) in [5, 5.41) is 3.00. The lowest BCUT2D eigenvalue weighted by Gasteiger charge is -2.11. The van der Waals surface area contributed by atoms with E-state index < -0.39 is 0 Å². The van der Waals surface area contributed by atoms with Gasteiger partial charge in [0.25, 0.3) is 5.91 Å². The molecule has 0 aromatic heterocycles. The van der Waals surface area contributed by atoms with Crippen molar-refractivity contribution in [3.05, 3.63) is 34.9 Å². The number of rotatable bonds is 3. The van der Waals surface area contributed by atoms with Crippen molar-refractivity contribution in [3.63, 3.8) is 0 Å². The minimum absolute atomic E-state index is 0.0468. The molecule has 0 saturated heterocycles. The average Bonchev–Trinajstić information content (AvgIpc) is 3.12. The van der Waals surface area contributed by atoms with Gasteiger partial charge in [-0.3, -0.25) is 4.79 Å². The molecule has 0 heterocycles. The van der Waals surface area contributed by atoms with Crippen molar-refractivity contribution in [2.24, 2.45) is 11.1 Å². The minimum atomic E-state index is -0.0468. The predicted molar refractivity (Wildman–Crippen MR) is 76.8 cm³/mol. The van der Waals surface area contributed by atoms with E-state index in [1.54, 1.807) is 0 Å². The van der Waals surface area contributed by atoms with E-state index in [1.165, 1.54) is 12.8 Å². The van der Waals surface area contributed by atoms with Crippen molar-refractivity contribution in [1.29, 1.82) is 0 Å². The van der Waals surface area contributed by atoms with Gasteiger partial charge < -0.3 is 11.1 Å². The SMILES string of the molecule is Cc1ccc(C(=O)NCC2(C)CC2)c(C#CCN)c1. The number of aryl methyl sites for hydroxylation is 1. The topological polar surface area (TPSA) is 55.1 Å². The summed E-state index contributed by atoms with van der Waals surface area (Å²) in [7, 11) is 0. The number of hydrogen-bond donors (Lipinski definition) is 2. The second kappa shape index (κ2) is 5.46. The van der Waals surface area contributed by atoms with E-state index in [2.05, 4.69) is 24.1 Å². The molecule has 0 radical (unpaired) electrons. The molecule has 1 saturated carbocycles. The first-order chi connectivity index (χ1) is 9.04. The maximum Gasteiger partial charge on any atom is 0.252 e. The molecule has 0 bridgehead atoms. The molecule has 0 atom stereocenters. The van der Waals surface area contributed by atoms with E-state index in [4.69, 9.17) is 5.73 Å². The van der Waals surface area contributed by atoms with Crippen LogP contribution in [0.1, 0.15) is 41.3 Å². The molecule has 0 unspecified atom stereocenters. The summed E-state index contributed by atoms with van der Waals surface area (Å²) in [6, 6.07) is 5.69. The molecule has 3 nitrogen and oxygen atoms in total. The van der Waals surface area contributed by atoms with Gasteiger partial charge in [-0.1, -0.05) is 24.8 Å². The third-order valence-electron chi connectivity index (χ3n) is 3.52. The zero-order chi connectivity index (χ0) is 13.9. The van der Waals surface area contributed by atoms with Gasteiger partial charge >= 0.3 is 0 Å². The second-order valence-electron chi connectivity index (χ2n) is 5.55. The van der Waals surface area contributed by atoms with Gasteiger partial charge in [0.1, 0.15) is 0 Å². The van der Waals surface area contributed by atoms with Gasteiger partial charge in [-0.15, -0.1) is 0 Å². The number of hydrogen-bond acceptors (Lipinski definition) is 2. The highest BCUT2D eigenvalue weighted by Gasteiger charge is 2.37. The van der Waals surface area contributed by atoms with Crippen LogP contribution in [0.25, 0.3) is 0 Å². The third-order valence-corrected chi connectivity index (χ3v) is 3.52. The maximum atomic E-state index is 12.2. The van der Waals surface area contributed by atoms with E-state index >= 15 is 0 Å². The van der Waals surface area contributed by atoms with Crippen molar-refractivity contribution in [2.45, 2.75) is 26.7 Å². The van der Waals surface area contributed by atoms with Crippen LogP contribution in [0.2, 0.25) is 0 Å². The van der Waals surface area contributed by atoms with Crippen LogP contribution in [-0.2, 0) is 0 Å². The first kappa shape index (κ1) is 13.6. The fourth-order valence-corrected chi connectivity index (χ4v) is 1.88. The molecule has 100 valence electrons. The van der Waals surface area contributed by atoms with Gasteiger partial charge in [0, 0.05) is 12.1 Å². The molecule has 1 aromatic rings. The van der Waals surface area contributed by atoms with Crippen molar-refractivity contribution >= 4 is 5.91 Å². The first-order valence-corrected chi connectivity index (χ1v) is 6.62. The van der Waals surface area contributed by atoms with E-state index in [9.17, 15) is 4.79 Å². The summed E-state index contributed by atoms with van der Waals surface area (Å²) in [5.74, 6) is 5.73. The highest BCUT2D eigenvalue weighted by molar-refractivity contribution is 5.96. The number of carbonyl (C=O) groups is 1. The van der Waals surface area contributed by atoms with Crippen LogP contribution in [0.4, 0.5) is 0 Å². The van der Waals surface area contributed by atoms with E-state index in [-0.39, 0.29) is 5.91 Å². The quantitative estimate of drug-likeness (QED) is 0.811. The zero-order valence-electron chi connectivity index (χ0n) is 11.5. The van der Waals surface area contributed by atoms with Gasteiger partial charge in [-0.05, 0) is 42.9 Å². The maximum absolute atomic E-state index is 12.2. The number of carbonyl (C=O) groups excluding carboxylic acids is 1. The van der Waals surface area contributed by atoms with Gasteiger partial charge in [-0.2, -0.15) is 0 Å². The van der Waals surface area contributed by atoms with Gasteiger partial charge in [0.15, 0.2) is 0 Å². The zero-order valence-corrected chi connectivity index (χ0v) is 11.5. The Morgan fingerprint density at radius 1 is 1.47 bits per heavy atom. The van der Waals surface area contributed by atoms with Crippen LogP contribution < -0.4 is 11.1 Å². The van der Waals surface area contributed by atoms with Crippen molar-refractivity contribution < 1.29 is 4.79 Å². The van der Waals surface area contributed by atoms with Crippen molar-refractivity contribution in [2.75, 3.05) is 13.1 Å². The predicted octanol–water partition coefficient (Wildman–Crippen LogP) is 1.84. The minimum Gasteiger partial charge on any atom is -0.351 e.